The first-order valence-electron chi connectivity index (χ1n) is 7.62. The minimum Gasteiger partial charge on any atom is -0.353 e. The Labute approximate surface area is 135 Å². The van der Waals surface area contributed by atoms with Crippen molar-refractivity contribution in [2.45, 2.75) is 24.7 Å². The van der Waals surface area contributed by atoms with Crippen LogP contribution >= 0.6 is 15.9 Å². The van der Waals surface area contributed by atoms with Gasteiger partial charge in [0.1, 0.15) is 5.82 Å². The highest BCUT2D eigenvalue weighted by Gasteiger charge is 2.25. The van der Waals surface area contributed by atoms with Crippen molar-refractivity contribution in [3.05, 3.63) is 35.9 Å². The maximum Gasteiger partial charge on any atom is 0.133 e. The van der Waals surface area contributed by atoms with Gasteiger partial charge in [0.2, 0.25) is 0 Å². The zero-order valence-corrected chi connectivity index (χ0v) is 14.3. The highest BCUT2D eigenvalue weighted by molar-refractivity contribution is 9.08. The Morgan fingerprint density at radius 2 is 2.10 bits per heavy atom. The van der Waals surface area contributed by atoms with E-state index in [1.54, 1.807) is 0 Å². The first-order valence-corrected chi connectivity index (χ1v) is 8.75. The Morgan fingerprint density at radius 3 is 2.86 bits per heavy atom. The van der Waals surface area contributed by atoms with E-state index in [-0.39, 0.29) is 0 Å². The van der Waals surface area contributed by atoms with E-state index in [1.807, 2.05) is 0 Å². The average Bonchev–Trinajstić information content (AvgIpc) is 2.54. The van der Waals surface area contributed by atoms with Gasteiger partial charge in [-0.15, -0.1) is 0 Å². The summed E-state index contributed by atoms with van der Waals surface area (Å²) in [6, 6.07) is 11.3. The first kappa shape index (κ1) is 14.8. The fourth-order valence-electron chi connectivity index (χ4n) is 3.10. The molecule has 0 amide bonds. The van der Waals surface area contributed by atoms with Crippen LogP contribution in [0.3, 0.4) is 0 Å². The molecule has 4 heteroatoms. The van der Waals surface area contributed by atoms with E-state index < -0.39 is 0 Å². The summed E-state index contributed by atoms with van der Waals surface area (Å²) in [6.45, 7) is 5.50. The van der Waals surface area contributed by atoms with Crippen molar-refractivity contribution < 1.29 is 0 Å². The lowest BCUT2D eigenvalue weighted by Gasteiger charge is -2.40. The van der Waals surface area contributed by atoms with Gasteiger partial charge in [-0.3, -0.25) is 4.90 Å². The van der Waals surface area contributed by atoms with Crippen molar-refractivity contribution in [3.63, 3.8) is 0 Å². The summed E-state index contributed by atoms with van der Waals surface area (Å²) in [6.07, 6.45) is 1.18. The number of anilines is 1. The fourth-order valence-corrected chi connectivity index (χ4v) is 3.51. The van der Waals surface area contributed by atoms with Crippen LogP contribution in [-0.4, -0.2) is 42.6 Å². The standard InChI is InChI=1S/C17H22BrN3/c1-3-15-12-21(9-8-20(15)2)17-14(11-18)10-13-6-4-5-7-16(13)19-17/h4-7,10,15H,3,8-9,11-12H2,1-2H3. The van der Waals surface area contributed by atoms with Gasteiger partial charge in [0, 0.05) is 42.0 Å². The third-order valence-corrected chi connectivity index (χ3v) is 5.08. The molecule has 1 saturated heterocycles. The SMILES string of the molecule is CCC1CN(c2nc3ccccc3cc2CBr)CCN1C. The molecule has 2 aromatic rings. The number of nitrogens with zero attached hydrogens (tertiary/aromatic N) is 3. The van der Waals surface area contributed by atoms with Gasteiger partial charge in [-0.25, -0.2) is 4.98 Å². The number of aromatic nitrogens is 1. The maximum atomic E-state index is 4.94. The summed E-state index contributed by atoms with van der Waals surface area (Å²) in [5.41, 5.74) is 2.37. The van der Waals surface area contributed by atoms with Crippen LogP contribution in [0.5, 0.6) is 0 Å². The molecular formula is C17H22BrN3. The van der Waals surface area contributed by atoms with E-state index >= 15 is 0 Å². The first-order chi connectivity index (χ1) is 10.2. The van der Waals surface area contributed by atoms with Crippen LogP contribution in [0.15, 0.2) is 30.3 Å². The molecule has 21 heavy (non-hydrogen) atoms. The van der Waals surface area contributed by atoms with Crippen LogP contribution in [0, 0.1) is 0 Å². The smallest absolute Gasteiger partial charge is 0.133 e. The molecule has 112 valence electrons. The lowest BCUT2D eigenvalue weighted by molar-refractivity contribution is 0.213. The molecule has 1 aromatic carbocycles. The lowest BCUT2D eigenvalue weighted by Crippen LogP contribution is -2.51. The van der Waals surface area contributed by atoms with Crippen molar-refractivity contribution in [2.24, 2.45) is 0 Å². The third kappa shape index (κ3) is 2.92. The summed E-state index contributed by atoms with van der Waals surface area (Å²) in [5.74, 6) is 1.15. The van der Waals surface area contributed by atoms with Crippen LogP contribution in [-0.2, 0) is 5.33 Å². The number of likely N-dealkylation sites (N-methyl/N-ethyl adjacent to an activating group) is 1. The van der Waals surface area contributed by atoms with Crippen molar-refractivity contribution in [2.75, 3.05) is 31.6 Å². The molecule has 1 aliphatic heterocycles. The van der Waals surface area contributed by atoms with E-state index in [1.165, 1.54) is 17.4 Å². The zero-order valence-electron chi connectivity index (χ0n) is 12.7. The molecule has 2 heterocycles. The van der Waals surface area contributed by atoms with Crippen LogP contribution < -0.4 is 4.90 Å². The van der Waals surface area contributed by atoms with Crippen LogP contribution in [0.2, 0.25) is 0 Å². The van der Waals surface area contributed by atoms with E-state index in [0.717, 1.165) is 36.3 Å². The predicted octanol–water partition coefficient (Wildman–Crippen LogP) is 3.66. The molecule has 0 radical (unpaired) electrons. The van der Waals surface area contributed by atoms with Crippen LogP contribution in [0.25, 0.3) is 10.9 Å². The monoisotopic (exact) mass is 347 g/mol. The van der Waals surface area contributed by atoms with Gasteiger partial charge < -0.3 is 4.90 Å². The van der Waals surface area contributed by atoms with Crippen LogP contribution in [0.4, 0.5) is 5.82 Å². The normalized spacial score (nSPS) is 20.1. The summed E-state index contributed by atoms with van der Waals surface area (Å²) in [7, 11) is 2.23. The fraction of sp³-hybridized carbons (Fsp3) is 0.471. The summed E-state index contributed by atoms with van der Waals surface area (Å²) in [4.78, 5) is 9.86. The summed E-state index contributed by atoms with van der Waals surface area (Å²) < 4.78 is 0. The molecular weight excluding hydrogens is 326 g/mol. The molecule has 1 aromatic heterocycles. The van der Waals surface area contributed by atoms with Crippen molar-refractivity contribution in [3.8, 4) is 0 Å². The molecule has 0 bridgehead atoms. The predicted molar refractivity (Wildman–Crippen MR) is 93.3 cm³/mol. The largest absolute Gasteiger partial charge is 0.353 e. The third-order valence-electron chi connectivity index (χ3n) is 4.47. The highest BCUT2D eigenvalue weighted by atomic mass is 79.9. The van der Waals surface area contributed by atoms with Crippen LogP contribution in [0.1, 0.15) is 18.9 Å². The molecule has 0 spiro atoms. The minimum atomic E-state index is 0.621. The quantitative estimate of drug-likeness (QED) is 0.789. The number of halogens is 1. The van der Waals surface area contributed by atoms with Gasteiger partial charge in [-0.05, 0) is 25.6 Å². The van der Waals surface area contributed by atoms with Crippen molar-refractivity contribution in [1.29, 1.82) is 0 Å². The Bertz CT molecular complexity index is 628. The number of hydrogen-bond acceptors (Lipinski definition) is 3. The molecule has 0 N–H and O–H groups in total. The number of pyridine rings is 1. The minimum absolute atomic E-state index is 0.621. The number of fused-ring (bicyclic) bond motifs is 1. The second-order valence-corrected chi connectivity index (χ2v) is 6.35. The second-order valence-electron chi connectivity index (χ2n) is 5.79. The lowest BCUT2D eigenvalue weighted by atomic mass is 10.1. The van der Waals surface area contributed by atoms with Crippen molar-refractivity contribution >= 4 is 32.7 Å². The second kappa shape index (κ2) is 6.32. The highest BCUT2D eigenvalue weighted by Crippen LogP contribution is 2.27. The Morgan fingerprint density at radius 1 is 1.29 bits per heavy atom. The van der Waals surface area contributed by atoms with Gasteiger partial charge in [0.05, 0.1) is 5.52 Å². The molecule has 1 fully saturated rings. The number of alkyl halides is 1. The average molecular weight is 348 g/mol. The maximum absolute atomic E-state index is 4.94. The summed E-state index contributed by atoms with van der Waals surface area (Å²) in [5, 5.41) is 2.07. The molecule has 3 rings (SSSR count). The van der Waals surface area contributed by atoms with E-state index in [0.29, 0.717) is 6.04 Å². The van der Waals surface area contributed by atoms with Crippen molar-refractivity contribution in [1.82, 2.24) is 9.88 Å². The van der Waals surface area contributed by atoms with Gasteiger partial charge in [0.15, 0.2) is 0 Å². The Hall–Kier alpha value is -1.13. The number of hydrogen-bond donors (Lipinski definition) is 0. The molecule has 1 atom stereocenters. The van der Waals surface area contributed by atoms with E-state index in [9.17, 15) is 0 Å². The molecule has 1 unspecified atom stereocenters. The number of rotatable bonds is 3. The van der Waals surface area contributed by atoms with Gasteiger partial charge in [0.25, 0.3) is 0 Å². The number of benzene rings is 1. The van der Waals surface area contributed by atoms with Gasteiger partial charge >= 0.3 is 0 Å². The molecule has 3 nitrogen and oxygen atoms in total. The molecule has 0 aliphatic carbocycles. The van der Waals surface area contributed by atoms with Gasteiger partial charge in [-0.2, -0.15) is 0 Å². The Balaban J connectivity index is 1.98. The van der Waals surface area contributed by atoms with E-state index in [4.69, 9.17) is 4.98 Å². The number of para-hydroxylation sites is 1. The van der Waals surface area contributed by atoms with E-state index in [2.05, 4.69) is 70.0 Å². The Kier molecular flexibility index (Phi) is 4.45. The summed E-state index contributed by atoms with van der Waals surface area (Å²) >= 11 is 3.63. The number of piperazine rings is 1. The topological polar surface area (TPSA) is 19.4 Å². The molecule has 1 aliphatic rings. The molecule has 0 saturated carbocycles. The zero-order chi connectivity index (χ0) is 14.8. The van der Waals surface area contributed by atoms with Gasteiger partial charge in [-0.1, -0.05) is 41.1 Å².